The van der Waals surface area contributed by atoms with Crippen molar-refractivity contribution in [2.45, 2.75) is 39.7 Å². The molecular weight excluding hydrogens is 250 g/mol. The smallest absolute Gasteiger partial charge is 0.168 e. The zero-order valence-corrected chi connectivity index (χ0v) is 12.5. The summed E-state index contributed by atoms with van der Waals surface area (Å²) in [7, 11) is 0. The highest BCUT2D eigenvalue weighted by Gasteiger charge is 2.18. The van der Waals surface area contributed by atoms with Crippen molar-refractivity contribution in [2.75, 3.05) is 5.73 Å². The molecule has 1 aromatic carbocycles. The summed E-state index contributed by atoms with van der Waals surface area (Å²) in [6.07, 6.45) is 0. The average Bonchev–Trinajstić information content (AvgIpc) is 2.34. The number of rotatable bonds is 3. The summed E-state index contributed by atoms with van der Waals surface area (Å²) >= 11 is 0. The van der Waals surface area contributed by atoms with E-state index in [9.17, 15) is 0 Å². The van der Waals surface area contributed by atoms with E-state index in [2.05, 4.69) is 36.8 Å². The van der Waals surface area contributed by atoms with Gasteiger partial charge in [0.2, 0.25) is 0 Å². The fourth-order valence-corrected chi connectivity index (χ4v) is 2.08. The van der Waals surface area contributed by atoms with E-state index in [0.717, 1.165) is 11.4 Å². The number of nitrogen functional groups attached to an aromatic ring is 1. The Labute approximate surface area is 120 Å². The molecule has 0 bridgehead atoms. The topological polar surface area (TPSA) is 61.0 Å². The first kappa shape index (κ1) is 14.3. The summed E-state index contributed by atoms with van der Waals surface area (Å²) in [5.41, 5.74) is 7.77. The number of nitrogens with zero attached hydrogens (tertiary/aromatic N) is 2. The molecule has 1 aromatic heterocycles. The van der Waals surface area contributed by atoms with Gasteiger partial charge in [0.15, 0.2) is 5.82 Å². The minimum atomic E-state index is 0.0308. The van der Waals surface area contributed by atoms with Crippen LogP contribution in [0.25, 0.3) is 0 Å². The number of nitrogens with two attached hydrogens (primary N) is 1. The monoisotopic (exact) mass is 271 g/mol. The highest BCUT2D eigenvalue weighted by atomic mass is 16.5. The largest absolute Gasteiger partial charge is 0.485 e. The Hall–Kier alpha value is -2.10. The van der Waals surface area contributed by atoms with Gasteiger partial charge in [0, 0.05) is 11.8 Å². The van der Waals surface area contributed by atoms with Crippen molar-refractivity contribution in [1.82, 2.24) is 9.97 Å². The second kappa shape index (κ2) is 5.49. The van der Waals surface area contributed by atoms with Crippen LogP contribution in [0.15, 0.2) is 30.3 Å². The maximum absolute atomic E-state index is 5.88. The number of para-hydroxylation sites is 1. The molecule has 4 heteroatoms. The summed E-state index contributed by atoms with van der Waals surface area (Å²) in [5.74, 6) is 1.94. The lowest BCUT2D eigenvalue weighted by molar-refractivity contribution is 0.287. The molecule has 0 atom stereocenters. The minimum Gasteiger partial charge on any atom is -0.485 e. The van der Waals surface area contributed by atoms with Gasteiger partial charge < -0.3 is 10.5 Å². The molecule has 4 nitrogen and oxygen atoms in total. The molecule has 20 heavy (non-hydrogen) atoms. The summed E-state index contributed by atoms with van der Waals surface area (Å²) in [6, 6.07) is 9.79. The number of anilines is 1. The predicted molar refractivity (Wildman–Crippen MR) is 80.7 cm³/mol. The second-order valence-corrected chi connectivity index (χ2v) is 5.89. The molecule has 0 aliphatic carbocycles. The molecule has 2 N–H and O–H groups in total. The Morgan fingerprint density at radius 1 is 1.15 bits per heavy atom. The first-order valence-electron chi connectivity index (χ1n) is 6.68. The van der Waals surface area contributed by atoms with E-state index < -0.39 is 0 Å². The van der Waals surface area contributed by atoms with Crippen LogP contribution in [0.2, 0.25) is 0 Å². The lowest BCUT2D eigenvalue weighted by Crippen LogP contribution is -2.14. The van der Waals surface area contributed by atoms with Gasteiger partial charge >= 0.3 is 0 Å². The highest BCUT2D eigenvalue weighted by molar-refractivity contribution is 5.38. The lowest BCUT2D eigenvalue weighted by atomic mass is 9.86. The van der Waals surface area contributed by atoms with Gasteiger partial charge in [0.1, 0.15) is 18.2 Å². The fourth-order valence-electron chi connectivity index (χ4n) is 2.08. The Kier molecular flexibility index (Phi) is 3.93. The zero-order valence-electron chi connectivity index (χ0n) is 12.5. The van der Waals surface area contributed by atoms with Crippen LogP contribution in [0.5, 0.6) is 5.75 Å². The number of aromatic nitrogens is 2. The minimum absolute atomic E-state index is 0.0308. The van der Waals surface area contributed by atoms with Crippen molar-refractivity contribution in [1.29, 1.82) is 0 Å². The molecule has 0 unspecified atom stereocenters. The van der Waals surface area contributed by atoms with Crippen LogP contribution in [0.3, 0.4) is 0 Å². The van der Waals surface area contributed by atoms with Gasteiger partial charge in [-0.2, -0.15) is 0 Å². The second-order valence-electron chi connectivity index (χ2n) is 5.89. The van der Waals surface area contributed by atoms with Gasteiger partial charge in [-0.1, -0.05) is 39.0 Å². The summed E-state index contributed by atoms with van der Waals surface area (Å²) in [4.78, 5) is 8.51. The van der Waals surface area contributed by atoms with Crippen molar-refractivity contribution >= 4 is 5.82 Å². The van der Waals surface area contributed by atoms with Crippen LogP contribution in [0.1, 0.15) is 37.9 Å². The third kappa shape index (κ3) is 3.47. The van der Waals surface area contributed by atoms with Crippen molar-refractivity contribution in [2.24, 2.45) is 0 Å². The van der Waals surface area contributed by atoms with E-state index >= 15 is 0 Å². The SMILES string of the molecule is Cc1cc(N)nc(COc2ccccc2C(C)(C)C)n1. The number of benzene rings is 1. The Morgan fingerprint density at radius 2 is 1.85 bits per heavy atom. The summed E-state index contributed by atoms with van der Waals surface area (Å²) in [5, 5.41) is 0. The van der Waals surface area contributed by atoms with Gasteiger partial charge in [0.25, 0.3) is 0 Å². The molecule has 1 heterocycles. The molecule has 0 amide bonds. The van der Waals surface area contributed by atoms with Gasteiger partial charge in [-0.25, -0.2) is 9.97 Å². The molecule has 0 fully saturated rings. The number of hydrogen-bond donors (Lipinski definition) is 1. The summed E-state index contributed by atoms with van der Waals surface area (Å²) in [6.45, 7) is 8.70. The van der Waals surface area contributed by atoms with E-state index in [1.807, 2.05) is 25.1 Å². The zero-order chi connectivity index (χ0) is 14.8. The maximum Gasteiger partial charge on any atom is 0.168 e. The Morgan fingerprint density at radius 3 is 2.50 bits per heavy atom. The summed E-state index contributed by atoms with van der Waals surface area (Å²) < 4.78 is 5.88. The van der Waals surface area contributed by atoms with E-state index in [1.165, 1.54) is 5.56 Å². The van der Waals surface area contributed by atoms with Crippen LogP contribution >= 0.6 is 0 Å². The van der Waals surface area contributed by atoms with Crippen LogP contribution in [-0.4, -0.2) is 9.97 Å². The van der Waals surface area contributed by atoms with E-state index in [-0.39, 0.29) is 5.41 Å². The molecule has 2 rings (SSSR count). The van der Waals surface area contributed by atoms with E-state index in [0.29, 0.717) is 18.2 Å². The predicted octanol–water partition coefficient (Wildman–Crippen LogP) is 3.24. The van der Waals surface area contributed by atoms with Gasteiger partial charge in [-0.3, -0.25) is 0 Å². The third-order valence-electron chi connectivity index (χ3n) is 2.97. The van der Waals surface area contributed by atoms with Crippen LogP contribution in [0.4, 0.5) is 5.82 Å². The van der Waals surface area contributed by atoms with Crippen molar-refractivity contribution in [3.8, 4) is 5.75 Å². The maximum atomic E-state index is 5.88. The molecule has 0 saturated heterocycles. The normalized spacial score (nSPS) is 11.4. The van der Waals surface area contributed by atoms with Crippen molar-refractivity contribution in [3.63, 3.8) is 0 Å². The fraction of sp³-hybridized carbons (Fsp3) is 0.375. The number of hydrogen-bond acceptors (Lipinski definition) is 4. The third-order valence-corrected chi connectivity index (χ3v) is 2.97. The Bertz CT molecular complexity index is 583. The molecule has 0 saturated carbocycles. The van der Waals surface area contributed by atoms with Crippen LogP contribution in [0, 0.1) is 6.92 Å². The van der Waals surface area contributed by atoms with Gasteiger partial charge in [-0.05, 0) is 24.0 Å². The number of aryl methyl sites for hydroxylation is 1. The first-order chi connectivity index (χ1) is 9.36. The quantitative estimate of drug-likeness (QED) is 0.931. The van der Waals surface area contributed by atoms with Crippen molar-refractivity contribution in [3.05, 3.63) is 47.4 Å². The van der Waals surface area contributed by atoms with Gasteiger partial charge in [0.05, 0.1) is 0 Å². The molecule has 0 radical (unpaired) electrons. The van der Waals surface area contributed by atoms with E-state index in [4.69, 9.17) is 10.5 Å². The number of ether oxygens (including phenoxy) is 1. The molecule has 0 spiro atoms. The highest BCUT2D eigenvalue weighted by Crippen LogP contribution is 2.31. The lowest BCUT2D eigenvalue weighted by Gasteiger charge is -2.22. The van der Waals surface area contributed by atoms with Gasteiger partial charge in [-0.15, -0.1) is 0 Å². The van der Waals surface area contributed by atoms with Crippen LogP contribution < -0.4 is 10.5 Å². The van der Waals surface area contributed by atoms with E-state index in [1.54, 1.807) is 6.07 Å². The first-order valence-corrected chi connectivity index (χ1v) is 6.68. The standard InChI is InChI=1S/C16H21N3O/c1-11-9-14(17)19-15(18-11)10-20-13-8-6-5-7-12(13)16(2,3)4/h5-9H,10H2,1-4H3,(H2,17,18,19). The molecule has 2 aromatic rings. The molecular formula is C16H21N3O. The van der Waals surface area contributed by atoms with Crippen molar-refractivity contribution < 1.29 is 4.74 Å². The molecule has 0 aliphatic heterocycles. The molecule has 0 aliphatic rings. The Balaban J connectivity index is 2.19. The van der Waals surface area contributed by atoms with Crippen LogP contribution in [-0.2, 0) is 12.0 Å². The molecule has 106 valence electrons. The average molecular weight is 271 g/mol.